The van der Waals surface area contributed by atoms with Crippen molar-refractivity contribution in [1.82, 2.24) is 39.2 Å². The van der Waals surface area contributed by atoms with Crippen molar-refractivity contribution in [1.29, 1.82) is 0 Å². The third kappa shape index (κ3) is 21.1. The van der Waals surface area contributed by atoms with E-state index in [1.165, 1.54) is 42.0 Å². The van der Waals surface area contributed by atoms with Gasteiger partial charge in [-0.05, 0) is 110 Å². The molecule has 4 aromatic carbocycles. The summed E-state index contributed by atoms with van der Waals surface area (Å²) in [6.45, 7) is 18.3. The molecule has 6 aromatic rings. The molecule has 0 saturated carbocycles. The summed E-state index contributed by atoms with van der Waals surface area (Å²) in [5.74, 6) is 4.91. The van der Waals surface area contributed by atoms with E-state index < -0.39 is 96.1 Å². The number of amides is 4. The zero-order valence-corrected chi connectivity index (χ0v) is 57.8. The van der Waals surface area contributed by atoms with Crippen LogP contribution in [0.2, 0.25) is 0 Å². The number of hydrogen-bond acceptors (Lipinski definition) is 14. The van der Waals surface area contributed by atoms with Crippen LogP contribution in [0.3, 0.4) is 0 Å². The summed E-state index contributed by atoms with van der Waals surface area (Å²) in [5, 5.41) is 8.99. The normalized spacial score (nSPS) is 20.9. The van der Waals surface area contributed by atoms with Crippen LogP contribution in [0.4, 0.5) is 0 Å². The van der Waals surface area contributed by atoms with E-state index in [1.807, 2.05) is 153 Å². The van der Waals surface area contributed by atoms with Crippen molar-refractivity contribution < 1.29 is 57.3 Å². The van der Waals surface area contributed by atoms with Crippen LogP contribution in [0, 0.1) is 47.4 Å². The first-order valence-electron chi connectivity index (χ1n) is 32.9. The molecule has 508 valence electrons. The molecule has 1 fully saturated rings. The first-order chi connectivity index (χ1) is 45.6. The molecule has 20 heteroatoms. The number of rotatable bonds is 16. The van der Waals surface area contributed by atoms with Crippen molar-refractivity contribution in [3.05, 3.63) is 178 Å². The van der Waals surface area contributed by atoms with Crippen molar-refractivity contribution >= 4 is 47.5 Å². The Hall–Kier alpha value is -9.82. The summed E-state index contributed by atoms with van der Waals surface area (Å²) < 4.78 is 28.0. The number of carbonyl (C=O) groups excluding carboxylic acids is 8. The maximum Gasteiger partial charge on any atom is 0.329 e. The number of esters is 4. The van der Waals surface area contributed by atoms with Crippen LogP contribution in [-0.4, -0.2) is 163 Å². The average molecular weight is 1310 g/mol. The number of likely N-dealkylation sites (N-methyl/N-ethyl adjacent to an activating group) is 4. The summed E-state index contributed by atoms with van der Waals surface area (Å²) in [4.78, 5) is 123. The number of benzene rings is 4. The average Bonchev–Trinajstić information content (AvgIpc) is 1.11. The van der Waals surface area contributed by atoms with Gasteiger partial charge >= 0.3 is 23.9 Å². The Morgan fingerprint density at radius 3 is 0.938 bits per heavy atom. The summed E-state index contributed by atoms with van der Waals surface area (Å²) in [7, 11) is 5.56. The second kappa shape index (κ2) is 34.5. The maximum atomic E-state index is 15.2. The van der Waals surface area contributed by atoms with Gasteiger partial charge in [-0.3, -0.25) is 28.5 Å². The molecule has 1 aliphatic rings. The molecule has 4 amide bonds. The van der Waals surface area contributed by atoms with Crippen LogP contribution < -0.4 is 0 Å². The van der Waals surface area contributed by atoms with Gasteiger partial charge in [0, 0.05) is 64.6 Å². The van der Waals surface area contributed by atoms with E-state index in [-0.39, 0.29) is 62.2 Å². The topological polar surface area (TPSA) is 222 Å². The zero-order valence-electron chi connectivity index (χ0n) is 57.8. The fourth-order valence-corrected chi connectivity index (χ4v) is 11.2. The molecule has 0 N–H and O–H groups in total. The summed E-state index contributed by atoms with van der Waals surface area (Å²) >= 11 is 0. The Balaban J connectivity index is 1.20. The fraction of sp³-hybridized carbons (Fsp3) is 0.447. The van der Waals surface area contributed by atoms with E-state index in [2.05, 4.69) is 33.9 Å². The van der Waals surface area contributed by atoms with E-state index in [4.69, 9.17) is 18.9 Å². The predicted molar refractivity (Wildman–Crippen MR) is 363 cm³/mol. The van der Waals surface area contributed by atoms with Gasteiger partial charge in [0.25, 0.3) is 23.6 Å². The molecule has 1 aliphatic heterocycles. The number of nitrogens with zero attached hydrogens (tertiary/aromatic N) is 8. The Morgan fingerprint density at radius 1 is 0.365 bits per heavy atom. The second-order valence-corrected chi connectivity index (χ2v) is 26.5. The fourth-order valence-electron chi connectivity index (χ4n) is 11.2. The molecule has 20 nitrogen and oxygen atoms in total. The van der Waals surface area contributed by atoms with Crippen molar-refractivity contribution in [3.8, 4) is 23.7 Å². The van der Waals surface area contributed by atoms with E-state index in [9.17, 15) is 28.8 Å². The van der Waals surface area contributed by atoms with Crippen LogP contribution in [0.15, 0.2) is 134 Å². The van der Waals surface area contributed by atoms with Crippen LogP contribution in [0.1, 0.15) is 139 Å². The zero-order chi connectivity index (χ0) is 69.9. The monoisotopic (exact) mass is 1310 g/mol. The predicted octanol–water partition coefficient (Wildman–Crippen LogP) is 8.95. The summed E-state index contributed by atoms with van der Waals surface area (Å²) in [6, 6.07) is 28.6. The Morgan fingerprint density at radius 2 is 0.635 bits per heavy atom. The van der Waals surface area contributed by atoms with E-state index >= 15 is 9.59 Å². The van der Waals surface area contributed by atoms with Crippen molar-refractivity contribution in [3.63, 3.8) is 0 Å². The first kappa shape index (κ1) is 73.6. The number of carbonyl (C=O) groups is 8. The number of ether oxygens (including phenoxy) is 4. The molecule has 7 rings (SSSR count). The van der Waals surface area contributed by atoms with Gasteiger partial charge in [0.05, 0.1) is 36.6 Å². The summed E-state index contributed by atoms with van der Waals surface area (Å²) in [5.41, 5.74) is 6.13. The minimum atomic E-state index is -1.57. The SMILES string of the molecule is CC(C)C[C@H]1C(=O)O[C@H](Cc2ccc(Cn3cc(C#Cc4ccccc4)cn3)cc2)C(=O)N(C)[C@@H](CC(C)C)C(=O)O[C@H](C)C(=O)N(C)[C@@H](CC(C)C)C(=O)O[C@H](Cc2ccc(Cn3cc(C#Cc4ccccc4)cn3)cc2)C(=O)N(C)[C@@H](CC(C)C)C(=O)O[C@H](C)C(=O)N1C. The smallest absolute Gasteiger partial charge is 0.329 e. The maximum absolute atomic E-state index is 15.2. The molecule has 1 saturated heterocycles. The summed E-state index contributed by atoms with van der Waals surface area (Å²) in [6.07, 6.45) is 0.820. The van der Waals surface area contributed by atoms with Crippen LogP contribution in [-0.2, 0) is 83.2 Å². The minimum absolute atomic E-state index is 0.0628. The first-order valence-corrected chi connectivity index (χ1v) is 32.9. The lowest BCUT2D eigenvalue weighted by atomic mass is 9.99. The van der Waals surface area contributed by atoms with Crippen LogP contribution >= 0.6 is 0 Å². The molecule has 96 heavy (non-hydrogen) atoms. The van der Waals surface area contributed by atoms with E-state index in [0.717, 1.165) is 53.0 Å². The molecule has 0 unspecified atom stereocenters. The number of hydrogen-bond donors (Lipinski definition) is 0. The Kier molecular flexibility index (Phi) is 26.5. The highest BCUT2D eigenvalue weighted by Crippen LogP contribution is 2.25. The molecule has 3 heterocycles. The third-order valence-electron chi connectivity index (χ3n) is 16.6. The molecule has 0 aliphatic carbocycles. The van der Waals surface area contributed by atoms with Gasteiger partial charge in [-0.2, -0.15) is 10.2 Å². The van der Waals surface area contributed by atoms with E-state index in [1.54, 1.807) is 46.0 Å². The van der Waals surface area contributed by atoms with Crippen molar-refractivity contribution in [2.24, 2.45) is 23.7 Å². The van der Waals surface area contributed by atoms with Gasteiger partial charge in [0.1, 0.15) is 24.2 Å². The Bertz CT molecular complexity index is 3500. The van der Waals surface area contributed by atoms with Gasteiger partial charge < -0.3 is 38.5 Å². The number of cyclic esters (lactones) is 4. The third-order valence-corrected chi connectivity index (χ3v) is 16.6. The van der Waals surface area contributed by atoms with Crippen LogP contribution in [0.25, 0.3) is 0 Å². The molecular formula is C76H92N8O12. The number of aromatic nitrogens is 4. The lowest BCUT2D eigenvalue weighted by molar-refractivity contribution is -0.176. The Labute approximate surface area is 564 Å². The van der Waals surface area contributed by atoms with Gasteiger partial charge in [0.15, 0.2) is 24.4 Å². The highest BCUT2D eigenvalue weighted by Gasteiger charge is 2.43. The molecule has 0 bridgehead atoms. The standard InChI is InChI=1S/C76H92N8O12/c1-49(2)37-63-73(89)93-53(9)69(85)79(11)66(40-52(7)8)76(92)96-68(42-58-29-33-60(34-30-58)46-84-48-62(44-78-84)36-26-56-23-19-16-20-24-56)72(88)82(14)64(38-50(3)4)74(90)94-54(10)70(86)80(12)65(39-51(5)6)75(91)95-67(71(87)81(63)13)41-57-27-31-59(32-28-57)45-83-47-61(43-77-83)35-25-55-21-17-15-18-22-55/h15-24,27-34,43-44,47-54,63-68H,37-42,45-46H2,1-14H3/t53-,54-,63+,64+,65+,66+,67-,68-/m1/s1. The second-order valence-electron chi connectivity index (χ2n) is 26.5. The molecule has 0 radical (unpaired) electrons. The molecule has 2 aromatic heterocycles. The highest BCUT2D eigenvalue weighted by molar-refractivity contribution is 5.94. The molecule has 0 spiro atoms. The van der Waals surface area contributed by atoms with E-state index in [0.29, 0.717) is 24.2 Å². The minimum Gasteiger partial charge on any atom is -0.451 e. The van der Waals surface area contributed by atoms with Gasteiger partial charge in [-0.1, -0.05) is 164 Å². The largest absolute Gasteiger partial charge is 0.451 e. The lowest BCUT2D eigenvalue weighted by Gasteiger charge is -2.35. The van der Waals surface area contributed by atoms with Crippen LogP contribution in [0.5, 0.6) is 0 Å². The quantitative estimate of drug-likeness (QED) is 0.0502. The lowest BCUT2D eigenvalue weighted by Crippen LogP contribution is -2.55. The van der Waals surface area contributed by atoms with Gasteiger partial charge in [-0.15, -0.1) is 0 Å². The van der Waals surface area contributed by atoms with Crippen molar-refractivity contribution in [2.45, 2.75) is 169 Å². The highest BCUT2D eigenvalue weighted by atomic mass is 16.6. The molecule has 8 atom stereocenters. The van der Waals surface area contributed by atoms with Gasteiger partial charge in [-0.25, -0.2) is 19.2 Å². The molecular weight excluding hydrogens is 1220 g/mol. The van der Waals surface area contributed by atoms with Crippen molar-refractivity contribution in [2.75, 3.05) is 28.2 Å². The van der Waals surface area contributed by atoms with Gasteiger partial charge in [0.2, 0.25) is 0 Å².